The maximum atomic E-state index is 12.3. The summed E-state index contributed by atoms with van der Waals surface area (Å²) in [5.74, 6) is 0.346. The van der Waals surface area contributed by atoms with Crippen LogP contribution in [0.25, 0.3) is 0 Å². The highest BCUT2D eigenvalue weighted by atomic mass is 32.1. The Morgan fingerprint density at radius 1 is 1.19 bits per heavy atom. The first-order chi connectivity index (χ1) is 10.1. The highest BCUT2D eigenvalue weighted by Crippen LogP contribution is 2.26. The molecule has 0 radical (unpaired) electrons. The summed E-state index contributed by atoms with van der Waals surface area (Å²) in [6.45, 7) is 4.23. The van der Waals surface area contributed by atoms with Gasteiger partial charge in [-0.25, -0.2) is 0 Å². The molecule has 4 heteroatoms. The van der Waals surface area contributed by atoms with Crippen LogP contribution in [0.2, 0.25) is 0 Å². The van der Waals surface area contributed by atoms with E-state index in [1.807, 2.05) is 41.8 Å². The van der Waals surface area contributed by atoms with Crippen LogP contribution in [0.1, 0.15) is 42.8 Å². The normalized spacial score (nSPS) is 13.9. The molecule has 21 heavy (non-hydrogen) atoms. The van der Waals surface area contributed by atoms with Crippen molar-refractivity contribution >= 4 is 17.2 Å². The summed E-state index contributed by atoms with van der Waals surface area (Å²) in [5.41, 5.74) is 7.10. The standard InChI is InChI=1S/C17H22N2OS/c1-12(2)17(15-9-6-10-21-15)19-16(20)11-14(18)13-7-4-3-5-8-13/h3-10,12,14,17H,11,18H2,1-2H3,(H,19,20)/t14-,17-/m1/s1. The molecule has 1 aromatic heterocycles. The van der Waals surface area contributed by atoms with Crippen LogP contribution in [0.5, 0.6) is 0 Å². The van der Waals surface area contributed by atoms with Crippen LogP contribution in [0.15, 0.2) is 47.8 Å². The van der Waals surface area contributed by atoms with Gasteiger partial charge in [0.05, 0.1) is 6.04 Å². The van der Waals surface area contributed by atoms with E-state index >= 15 is 0 Å². The maximum absolute atomic E-state index is 12.3. The third-order valence-corrected chi connectivity index (χ3v) is 4.42. The molecule has 3 nitrogen and oxygen atoms in total. The predicted molar refractivity (Wildman–Crippen MR) is 88.0 cm³/mol. The van der Waals surface area contributed by atoms with Crippen LogP contribution < -0.4 is 11.1 Å². The lowest BCUT2D eigenvalue weighted by atomic mass is 10.0. The van der Waals surface area contributed by atoms with Crippen molar-refractivity contribution < 1.29 is 4.79 Å². The predicted octanol–water partition coefficient (Wildman–Crippen LogP) is 3.65. The fourth-order valence-corrected chi connectivity index (χ4v) is 3.23. The van der Waals surface area contributed by atoms with Crippen molar-refractivity contribution in [2.75, 3.05) is 0 Å². The van der Waals surface area contributed by atoms with Gasteiger partial charge >= 0.3 is 0 Å². The molecule has 0 unspecified atom stereocenters. The Kier molecular flexibility index (Phi) is 5.53. The van der Waals surface area contributed by atoms with Gasteiger partial charge in [0.2, 0.25) is 5.91 Å². The smallest absolute Gasteiger partial charge is 0.222 e. The Labute approximate surface area is 130 Å². The van der Waals surface area contributed by atoms with Crippen LogP contribution in [0.4, 0.5) is 0 Å². The highest BCUT2D eigenvalue weighted by Gasteiger charge is 2.20. The molecule has 2 aromatic rings. The van der Waals surface area contributed by atoms with Crippen LogP contribution >= 0.6 is 11.3 Å². The topological polar surface area (TPSA) is 55.1 Å². The van der Waals surface area contributed by atoms with Gasteiger partial charge in [0.25, 0.3) is 0 Å². The summed E-state index contributed by atoms with van der Waals surface area (Å²) < 4.78 is 0. The fourth-order valence-electron chi connectivity index (χ4n) is 2.28. The summed E-state index contributed by atoms with van der Waals surface area (Å²) in [5, 5.41) is 5.15. The van der Waals surface area contributed by atoms with E-state index in [0.717, 1.165) is 5.56 Å². The van der Waals surface area contributed by atoms with Gasteiger partial charge in [-0.15, -0.1) is 11.3 Å². The van der Waals surface area contributed by atoms with Gasteiger partial charge in [-0.3, -0.25) is 4.79 Å². The lowest BCUT2D eigenvalue weighted by Crippen LogP contribution is -2.33. The zero-order valence-electron chi connectivity index (χ0n) is 12.5. The molecule has 0 aliphatic rings. The molecular weight excluding hydrogens is 280 g/mol. The summed E-state index contributed by atoms with van der Waals surface area (Å²) in [7, 11) is 0. The van der Waals surface area contributed by atoms with Gasteiger partial charge in [0, 0.05) is 17.3 Å². The molecule has 2 rings (SSSR count). The Balaban J connectivity index is 1.97. The Morgan fingerprint density at radius 2 is 1.90 bits per heavy atom. The van der Waals surface area contributed by atoms with Crippen LogP contribution in [-0.4, -0.2) is 5.91 Å². The first kappa shape index (κ1) is 15.7. The molecule has 0 aliphatic heterocycles. The van der Waals surface area contributed by atoms with Gasteiger partial charge in [-0.1, -0.05) is 50.2 Å². The summed E-state index contributed by atoms with van der Waals surface area (Å²) in [6, 6.07) is 13.6. The van der Waals surface area contributed by atoms with E-state index in [1.165, 1.54) is 4.88 Å². The van der Waals surface area contributed by atoms with Gasteiger partial charge < -0.3 is 11.1 Å². The van der Waals surface area contributed by atoms with Crippen molar-refractivity contribution in [2.24, 2.45) is 11.7 Å². The number of nitrogens with one attached hydrogen (secondary N) is 1. The third-order valence-electron chi connectivity index (χ3n) is 3.47. The van der Waals surface area contributed by atoms with Crippen LogP contribution in [-0.2, 0) is 4.79 Å². The minimum absolute atomic E-state index is 0.00143. The number of thiophene rings is 1. The molecular formula is C17H22N2OS. The number of carbonyl (C=O) groups is 1. The highest BCUT2D eigenvalue weighted by molar-refractivity contribution is 7.10. The molecule has 0 aliphatic carbocycles. The number of hydrogen-bond donors (Lipinski definition) is 2. The van der Waals surface area contributed by atoms with Gasteiger partial charge in [0.1, 0.15) is 0 Å². The number of carbonyl (C=O) groups excluding carboxylic acids is 1. The Bertz CT molecular complexity index is 551. The van der Waals surface area contributed by atoms with Crippen molar-refractivity contribution in [3.63, 3.8) is 0 Å². The molecule has 0 saturated carbocycles. The van der Waals surface area contributed by atoms with Crippen molar-refractivity contribution in [1.82, 2.24) is 5.32 Å². The van der Waals surface area contributed by atoms with Crippen molar-refractivity contribution in [3.05, 3.63) is 58.3 Å². The van der Waals surface area contributed by atoms with E-state index in [1.54, 1.807) is 11.3 Å². The van der Waals surface area contributed by atoms with Crippen molar-refractivity contribution in [2.45, 2.75) is 32.4 Å². The molecule has 0 fully saturated rings. The number of hydrogen-bond acceptors (Lipinski definition) is 3. The first-order valence-corrected chi connectivity index (χ1v) is 8.09. The number of nitrogens with two attached hydrogens (primary N) is 1. The zero-order valence-corrected chi connectivity index (χ0v) is 13.3. The monoisotopic (exact) mass is 302 g/mol. The van der Waals surface area contributed by atoms with Gasteiger partial charge in [-0.05, 0) is 22.9 Å². The molecule has 0 bridgehead atoms. The summed E-state index contributed by atoms with van der Waals surface area (Å²) in [4.78, 5) is 13.4. The van der Waals surface area contributed by atoms with Crippen molar-refractivity contribution in [3.8, 4) is 0 Å². The molecule has 1 amide bonds. The Hall–Kier alpha value is -1.65. The minimum atomic E-state index is -0.262. The second kappa shape index (κ2) is 7.38. The van der Waals surface area contributed by atoms with E-state index in [-0.39, 0.29) is 18.0 Å². The average Bonchev–Trinajstić information content (AvgIpc) is 2.99. The van der Waals surface area contributed by atoms with Gasteiger partial charge in [0.15, 0.2) is 0 Å². The van der Waals surface area contributed by atoms with Crippen LogP contribution in [0, 0.1) is 5.92 Å². The molecule has 3 N–H and O–H groups in total. The zero-order chi connectivity index (χ0) is 15.2. The molecule has 1 aromatic carbocycles. The molecule has 0 saturated heterocycles. The lowest BCUT2D eigenvalue weighted by molar-refractivity contribution is -0.122. The Morgan fingerprint density at radius 3 is 2.48 bits per heavy atom. The summed E-state index contributed by atoms with van der Waals surface area (Å²) >= 11 is 1.67. The molecule has 0 spiro atoms. The average molecular weight is 302 g/mol. The van der Waals surface area contributed by atoms with E-state index in [4.69, 9.17) is 5.73 Å². The largest absolute Gasteiger partial charge is 0.348 e. The quantitative estimate of drug-likeness (QED) is 0.855. The third kappa shape index (κ3) is 4.41. The van der Waals surface area contributed by atoms with E-state index < -0.39 is 0 Å². The lowest BCUT2D eigenvalue weighted by Gasteiger charge is -2.22. The second-order valence-corrected chi connectivity index (χ2v) is 6.51. The van der Waals surface area contributed by atoms with E-state index in [0.29, 0.717) is 12.3 Å². The SMILES string of the molecule is CC(C)[C@@H](NC(=O)C[C@@H](N)c1ccccc1)c1cccs1. The van der Waals surface area contributed by atoms with E-state index in [9.17, 15) is 4.79 Å². The van der Waals surface area contributed by atoms with Crippen LogP contribution in [0.3, 0.4) is 0 Å². The van der Waals surface area contributed by atoms with Gasteiger partial charge in [-0.2, -0.15) is 0 Å². The minimum Gasteiger partial charge on any atom is -0.348 e. The first-order valence-electron chi connectivity index (χ1n) is 7.21. The van der Waals surface area contributed by atoms with Crippen molar-refractivity contribution in [1.29, 1.82) is 0 Å². The number of amides is 1. The molecule has 2 atom stereocenters. The summed E-state index contributed by atoms with van der Waals surface area (Å²) in [6.07, 6.45) is 0.304. The van der Waals surface area contributed by atoms with E-state index in [2.05, 4.69) is 25.2 Å². The molecule has 1 heterocycles. The second-order valence-electron chi connectivity index (χ2n) is 5.53. The fraction of sp³-hybridized carbons (Fsp3) is 0.353. The maximum Gasteiger partial charge on any atom is 0.222 e. The number of benzene rings is 1. The molecule has 112 valence electrons. The number of rotatable bonds is 6.